The number of amides is 1. The molecule has 1 fully saturated rings. The van der Waals surface area contributed by atoms with Crippen molar-refractivity contribution in [3.8, 4) is 0 Å². The van der Waals surface area contributed by atoms with Gasteiger partial charge in [0.1, 0.15) is 0 Å². The molecule has 1 unspecified atom stereocenters. The van der Waals surface area contributed by atoms with E-state index in [1.165, 1.54) is 12.1 Å². The number of hydrogen-bond donors (Lipinski definition) is 1. The number of carboxylic acid groups (broad SMARTS) is 1. The minimum Gasteiger partial charge on any atom is -0.480 e. The van der Waals surface area contributed by atoms with Gasteiger partial charge in [-0.15, -0.1) is 0 Å². The van der Waals surface area contributed by atoms with Crippen LogP contribution in [0.2, 0.25) is 0 Å². The van der Waals surface area contributed by atoms with Gasteiger partial charge in [-0.3, -0.25) is 24.6 Å². The molecule has 0 spiro atoms. The highest BCUT2D eigenvalue weighted by Gasteiger charge is 2.27. The van der Waals surface area contributed by atoms with Gasteiger partial charge in [0, 0.05) is 37.3 Å². The first-order valence-corrected chi connectivity index (χ1v) is 7.84. The Morgan fingerprint density at radius 1 is 1.48 bits per heavy atom. The van der Waals surface area contributed by atoms with Crippen LogP contribution in [0.3, 0.4) is 0 Å². The molecule has 1 aromatic carbocycles. The van der Waals surface area contributed by atoms with Crippen LogP contribution in [0.5, 0.6) is 0 Å². The molecule has 1 heterocycles. The third-order valence-electron chi connectivity index (χ3n) is 4.01. The fourth-order valence-corrected chi connectivity index (χ4v) is 2.78. The summed E-state index contributed by atoms with van der Waals surface area (Å²) in [5.41, 5.74) is 0.843. The lowest BCUT2D eigenvalue weighted by atomic mass is 10.1. The first-order chi connectivity index (χ1) is 11.8. The molecule has 0 bridgehead atoms. The van der Waals surface area contributed by atoms with Gasteiger partial charge in [0.2, 0.25) is 0 Å². The van der Waals surface area contributed by atoms with Crippen molar-refractivity contribution < 1.29 is 24.4 Å². The first-order valence-electron chi connectivity index (χ1n) is 7.84. The van der Waals surface area contributed by atoms with Crippen LogP contribution in [0.25, 0.3) is 0 Å². The lowest BCUT2D eigenvalue weighted by molar-refractivity contribution is -0.384. The predicted octanol–water partition coefficient (Wildman–Crippen LogP) is 0.761. The van der Waals surface area contributed by atoms with Crippen LogP contribution in [0.4, 0.5) is 5.69 Å². The number of nitrogens with zero attached hydrogens (tertiary/aromatic N) is 3. The van der Waals surface area contributed by atoms with Crippen LogP contribution in [0, 0.1) is 17.0 Å². The Balaban J connectivity index is 2.08. The summed E-state index contributed by atoms with van der Waals surface area (Å²) >= 11 is 0. The van der Waals surface area contributed by atoms with E-state index in [2.05, 4.69) is 0 Å². The van der Waals surface area contributed by atoms with E-state index in [1.54, 1.807) is 29.8 Å². The molecule has 0 aliphatic carbocycles. The minimum atomic E-state index is -0.932. The second-order valence-electron chi connectivity index (χ2n) is 6.09. The van der Waals surface area contributed by atoms with Gasteiger partial charge in [-0.05, 0) is 19.5 Å². The molecule has 2 rings (SSSR count). The van der Waals surface area contributed by atoms with Crippen LogP contribution in [-0.2, 0) is 9.53 Å². The summed E-state index contributed by atoms with van der Waals surface area (Å²) < 4.78 is 5.60. The molecule has 9 heteroatoms. The summed E-state index contributed by atoms with van der Waals surface area (Å²) in [6.45, 7) is 3.04. The van der Waals surface area contributed by atoms with E-state index in [0.29, 0.717) is 37.4 Å². The van der Waals surface area contributed by atoms with E-state index in [4.69, 9.17) is 9.84 Å². The van der Waals surface area contributed by atoms with Gasteiger partial charge in [-0.25, -0.2) is 0 Å². The lowest BCUT2D eigenvalue weighted by Crippen LogP contribution is -2.49. The van der Waals surface area contributed by atoms with Crippen molar-refractivity contribution in [3.05, 3.63) is 39.4 Å². The largest absolute Gasteiger partial charge is 0.480 e. The molecule has 9 nitrogen and oxygen atoms in total. The van der Waals surface area contributed by atoms with Crippen molar-refractivity contribution in [1.82, 2.24) is 9.80 Å². The smallest absolute Gasteiger partial charge is 0.317 e. The summed E-state index contributed by atoms with van der Waals surface area (Å²) in [5, 5.41) is 19.7. The van der Waals surface area contributed by atoms with Gasteiger partial charge in [-0.1, -0.05) is 6.07 Å². The Kier molecular flexibility index (Phi) is 6.05. The molecular formula is C16H21N3O6. The number of aliphatic carboxylic acids is 1. The fourth-order valence-electron chi connectivity index (χ4n) is 2.78. The molecule has 1 atom stereocenters. The second-order valence-corrected chi connectivity index (χ2v) is 6.09. The Labute approximate surface area is 144 Å². The van der Waals surface area contributed by atoms with Crippen LogP contribution >= 0.6 is 0 Å². The maximum atomic E-state index is 12.7. The topological polar surface area (TPSA) is 113 Å². The third-order valence-corrected chi connectivity index (χ3v) is 4.01. The summed E-state index contributed by atoms with van der Waals surface area (Å²) in [6, 6.07) is 4.22. The number of rotatable bonds is 6. The molecule has 25 heavy (non-hydrogen) atoms. The highest BCUT2D eigenvalue weighted by molar-refractivity contribution is 5.96. The summed E-state index contributed by atoms with van der Waals surface area (Å²) in [5.74, 6) is -1.21. The zero-order valence-corrected chi connectivity index (χ0v) is 14.2. The van der Waals surface area contributed by atoms with Crippen molar-refractivity contribution in [3.63, 3.8) is 0 Å². The van der Waals surface area contributed by atoms with E-state index in [1.807, 2.05) is 0 Å². The van der Waals surface area contributed by atoms with Gasteiger partial charge < -0.3 is 14.7 Å². The molecular weight excluding hydrogens is 330 g/mol. The number of aryl methyl sites for hydroxylation is 1. The van der Waals surface area contributed by atoms with Crippen molar-refractivity contribution in [2.24, 2.45) is 0 Å². The number of hydrogen-bond acceptors (Lipinski definition) is 6. The standard InChI is InChI=1S/C16H21N3O6/c1-11-3-4-12(19(23)24)7-14(11)16(22)18-5-6-25-13(9-18)8-17(2)10-15(20)21/h3-4,7,13H,5-6,8-10H2,1-2H3,(H,20,21). The number of non-ortho nitro benzene ring substituents is 1. The van der Waals surface area contributed by atoms with Crippen LogP contribution in [-0.4, -0.2) is 77.6 Å². The quantitative estimate of drug-likeness (QED) is 0.594. The zero-order valence-electron chi connectivity index (χ0n) is 14.2. The summed E-state index contributed by atoms with van der Waals surface area (Å²) in [7, 11) is 1.67. The minimum absolute atomic E-state index is 0.113. The number of ether oxygens (including phenoxy) is 1. The maximum Gasteiger partial charge on any atom is 0.317 e. The summed E-state index contributed by atoms with van der Waals surface area (Å²) in [6.07, 6.45) is -0.305. The average molecular weight is 351 g/mol. The van der Waals surface area contributed by atoms with Gasteiger partial charge in [-0.2, -0.15) is 0 Å². The average Bonchev–Trinajstić information content (AvgIpc) is 2.53. The molecule has 0 radical (unpaired) electrons. The van der Waals surface area contributed by atoms with Crippen LogP contribution in [0.15, 0.2) is 18.2 Å². The molecule has 0 saturated carbocycles. The van der Waals surface area contributed by atoms with E-state index < -0.39 is 10.9 Å². The highest BCUT2D eigenvalue weighted by Crippen LogP contribution is 2.20. The van der Waals surface area contributed by atoms with Crippen LogP contribution in [0.1, 0.15) is 15.9 Å². The van der Waals surface area contributed by atoms with Gasteiger partial charge in [0.15, 0.2) is 0 Å². The molecule has 1 N–H and O–H groups in total. The molecule has 1 aromatic rings. The number of nitro benzene ring substituents is 1. The van der Waals surface area contributed by atoms with Gasteiger partial charge in [0.25, 0.3) is 11.6 Å². The molecule has 1 amide bonds. The summed E-state index contributed by atoms with van der Waals surface area (Å²) in [4.78, 5) is 37.1. The van der Waals surface area contributed by atoms with E-state index in [9.17, 15) is 19.7 Å². The Morgan fingerprint density at radius 2 is 2.20 bits per heavy atom. The van der Waals surface area contributed by atoms with Crippen molar-refractivity contribution in [2.75, 3.05) is 39.8 Å². The lowest BCUT2D eigenvalue weighted by Gasteiger charge is -2.34. The molecule has 1 saturated heterocycles. The molecule has 0 aromatic heterocycles. The van der Waals surface area contributed by atoms with E-state index in [-0.39, 0.29) is 24.2 Å². The van der Waals surface area contributed by atoms with Crippen molar-refractivity contribution in [2.45, 2.75) is 13.0 Å². The van der Waals surface area contributed by atoms with Crippen LogP contribution < -0.4 is 0 Å². The first kappa shape index (κ1) is 18.8. The monoisotopic (exact) mass is 351 g/mol. The number of morpholine rings is 1. The highest BCUT2D eigenvalue weighted by atomic mass is 16.6. The van der Waals surface area contributed by atoms with E-state index in [0.717, 1.165) is 0 Å². The fraction of sp³-hybridized carbons (Fsp3) is 0.500. The number of carbonyl (C=O) groups is 2. The molecule has 1 aliphatic heterocycles. The number of carbonyl (C=O) groups excluding carboxylic acids is 1. The van der Waals surface area contributed by atoms with E-state index >= 15 is 0 Å². The van der Waals surface area contributed by atoms with Gasteiger partial charge >= 0.3 is 5.97 Å². The Morgan fingerprint density at radius 3 is 2.84 bits per heavy atom. The number of likely N-dealkylation sites (N-methyl/N-ethyl adjacent to an activating group) is 1. The SMILES string of the molecule is Cc1ccc([N+](=O)[O-])cc1C(=O)N1CCOC(CN(C)CC(=O)O)C1. The number of benzene rings is 1. The number of nitro groups is 1. The predicted molar refractivity (Wildman–Crippen MR) is 88.6 cm³/mol. The normalized spacial score (nSPS) is 17.6. The molecule has 136 valence electrons. The second kappa shape index (κ2) is 8.04. The van der Waals surface area contributed by atoms with Gasteiger partial charge in [0.05, 0.1) is 24.2 Å². The van der Waals surface area contributed by atoms with Crippen molar-refractivity contribution >= 4 is 17.6 Å². The third kappa shape index (κ3) is 4.97. The number of carboxylic acids is 1. The zero-order chi connectivity index (χ0) is 18.6. The van der Waals surface area contributed by atoms with Crippen molar-refractivity contribution in [1.29, 1.82) is 0 Å². The Hall–Kier alpha value is -2.52. The maximum absolute atomic E-state index is 12.7. The Bertz CT molecular complexity index is 678. The molecule has 1 aliphatic rings.